The van der Waals surface area contributed by atoms with Crippen molar-refractivity contribution in [2.45, 2.75) is 12.8 Å². The number of benzene rings is 1. The van der Waals surface area contributed by atoms with Gasteiger partial charge in [0.15, 0.2) is 17.3 Å². The molecule has 134 valence electrons. The molecular weight excluding hydrogens is 330 g/mol. The first-order valence-corrected chi connectivity index (χ1v) is 8.54. The highest BCUT2D eigenvalue weighted by molar-refractivity contribution is 5.99. The van der Waals surface area contributed by atoms with Gasteiger partial charge in [-0.1, -0.05) is 0 Å². The molecular formula is C20H21N3O3. The molecule has 1 aliphatic rings. The van der Waals surface area contributed by atoms with Gasteiger partial charge in [0, 0.05) is 30.8 Å². The van der Waals surface area contributed by atoms with Crippen LogP contribution in [0, 0.1) is 17.2 Å². The van der Waals surface area contributed by atoms with Gasteiger partial charge in [-0.25, -0.2) is 4.98 Å². The summed E-state index contributed by atoms with van der Waals surface area (Å²) >= 11 is 0. The Bertz CT molecular complexity index is 844. The lowest BCUT2D eigenvalue weighted by Crippen LogP contribution is -2.39. The second-order valence-corrected chi connectivity index (χ2v) is 6.21. The lowest BCUT2D eigenvalue weighted by atomic mass is 9.89. The SMILES string of the molecule is COc1ccc(C(=O)[C@H]2CCCN(c3ncccc3C#N)C2)cc1OC. The van der Waals surface area contributed by atoms with Gasteiger partial charge in [-0.2, -0.15) is 5.26 Å². The number of Topliss-reactive ketones (excluding diaryl/α,β-unsaturated/α-hetero) is 1. The summed E-state index contributed by atoms with van der Waals surface area (Å²) in [5.41, 5.74) is 1.14. The number of hydrogen-bond acceptors (Lipinski definition) is 6. The number of hydrogen-bond donors (Lipinski definition) is 0. The molecule has 2 aromatic rings. The van der Waals surface area contributed by atoms with Gasteiger partial charge in [0.1, 0.15) is 11.9 Å². The fourth-order valence-electron chi connectivity index (χ4n) is 3.34. The van der Waals surface area contributed by atoms with Crippen LogP contribution in [0.2, 0.25) is 0 Å². The Kier molecular flexibility index (Phi) is 5.37. The highest BCUT2D eigenvalue weighted by Gasteiger charge is 2.28. The van der Waals surface area contributed by atoms with Crippen molar-refractivity contribution in [2.24, 2.45) is 5.92 Å². The van der Waals surface area contributed by atoms with Crippen molar-refractivity contribution in [3.8, 4) is 17.6 Å². The van der Waals surface area contributed by atoms with E-state index in [9.17, 15) is 10.1 Å². The highest BCUT2D eigenvalue weighted by atomic mass is 16.5. The summed E-state index contributed by atoms with van der Waals surface area (Å²) in [6, 6.07) is 10.9. The maximum Gasteiger partial charge on any atom is 0.167 e. The van der Waals surface area contributed by atoms with Crippen LogP contribution < -0.4 is 14.4 Å². The van der Waals surface area contributed by atoms with Crippen molar-refractivity contribution >= 4 is 11.6 Å². The van der Waals surface area contributed by atoms with Crippen molar-refractivity contribution in [2.75, 3.05) is 32.2 Å². The fourth-order valence-corrected chi connectivity index (χ4v) is 3.34. The van der Waals surface area contributed by atoms with E-state index in [0.29, 0.717) is 35.0 Å². The van der Waals surface area contributed by atoms with Crippen LogP contribution in [0.4, 0.5) is 5.82 Å². The zero-order chi connectivity index (χ0) is 18.5. The summed E-state index contributed by atoms with van der Waals surface area (Å²) in [5.74, 6) is 1.73. The van der Waals surface area contributed by atoms with Gasteiger partial charge in [0.2, 0.25) is 0 Å². The van der Waals surface area contributed by atoms with Gasteiger partial charge in [0.05, 0.1) is 19.8 Å². The molecule has 3 rings (SSSR count). The molecule has 1 saturated heterocycles. The molecule has 0 saturated carbocycles. The van der Waals surface area contributed by atoms with Crippen LogP contribution in [0.5, 0.6) is 11.5 Å². The number of nitrogens with zero attached hydrogens (tertiary/aromatic N) is 3. The van der Waals surface area contributed by atoms with Crippen LogP contribution in [0.3, 0.4) is 0 Å². The van der Waals surface area contributed by atoms with E-state index in [1.54, 1.807) is 50.7 Å². The normalized spacial score (nSPS) is 16.7. The molecule has 1 atom stereocenters. The van der Waals surface area contributed by atoms with E-state index >= 15 is 0 Å². The van der Waals surface area contributed by atoms with Crippen molar-refractivity contribution in [1.29, 1.82) is 5.26 Å². The summed E-state index contributed by atoms with van der Waals surface area (Å²) in [6.07, 6.45) is 3.37. The van der Waals surface area contributed by atoms with Crippen LogP contribution in [-0.4, -0.2) is 38.1 Å². The quantitative estimate of drug-likeness (QED) is 0.771. The first kappa shape index (κ1) is 17.7. The lowest BCUT2D eigenvalue weighted by molar-refractivity contribution is 0.0906. The third-order valence-corrected chi connectivity index (χ3v) is 4.67. The van der Waals surface area contributed by atoms with Crippen molar-refractivity contribution in [1.82, 2.24) is 4.98 Å². The molecule has 1 aliphatic heterocycles. The molecule has 0 spiro atoms. The first-order chi connectivity index (χ1) is 12.7. The number of piperidine rings is 1. The number of carbonyl (C=O) groups is 1. The van der Waals surface area contributed by atoms with Gasteiger partial charge >= 0.3 is 0 Å². The number of aromatic nitrogens is 1. The van der Waals surface area contributed by atoms with Gasteiger partial charge in [-0.3, -0.25) is 4.79 Å². The zero-order valence-electron chi connectivity index (χ0n) is 14.9. The van der Waals surface area contributed by atoms with Crippen LogP contribution in [0.25, 0.3) is 0 Å². The number of rotatable bonds is 5. The molecule has 1 aromatic carbocycles. The molecule has 2 heterocycles. The van der Waals surface area contributed by atoms with Crippen LogP contribution >= 0.6 is 0 Å². The van der Waals surface area contributed by atoms with Crippen molar-refractivity contribution < 1.29 is 14.3 Å². The summed E-state index contributed by atoms with van der Waals surface area (Å²) < 4.78 is 10.5. The maximum atomic E-state index is 13.0. The molecule has 1 fully saturated rings. The molecule has 0 unspecified atom stereocenters. The Labute approximate surface area is 153 Å². The van der Waals surface area contributed by atoms with Crippen LogP contribution in [0.15, 0.2) is 36.5 Å². The standard InChI is InChI=1S/C20H21N3O3/c1-25-17-8-7-14(11-18(17)26-2)19(24)16-6-4-10-23(13-16)20-15(12-21)5-3-9-22-20/h3,5,7-9,11,16H,4,6,10,13H2,1-2H3/t16-/m0/s1. The molecule has 0 bridgehead atoms. The zero-order valence-corrected chi connectivity index (χ0v) is 14.9. The van der Waals surface area contributed by atoms with Gasteiger partial charge in [-0.05, 0) is 43.2 Å². The average molecular weight is 351 g/mol. The van der Waals surface area contributed by atoms with Gasteiger partial charge in [-0.15, -0.1) is 0 Å². The average Bonchev–Trinajstić information content (AvgIpc) is 2.72. The summed E-state index contributed by atoms with van der Waals surface area (Å²) in [7, 11) is 3.12. The van der Waals surface area contributed by atoms with Crippen molar-refractivity contribution in [3.05, 3.63) is 47.7 Å². The number of ether oxygens (including phenoxy) is 2. The number of carbonyl (C=O) groups excluding carboxylic acids is 1. The minimum absolute atomic E-state index is 0.0742. The molecule has 0 N–H and O–H groups in total. The molecule has 1 aromatic heterocycles. The molecule has 26 heavy (non-hydrogen) atoms. The maximum absolute atomic E-state index is 13.0. The van der Waals surface area contributed by atoms with E-state index in [1.165, 1.54) is 0 Å². The third-order valence-electron chi connectivity index (χ3n) is 4.67. The summed E-state index contributed by atoms with van der Waals surface area (Å²) in [5, 5.41) is 9.30. The smallest absolute Gasteiger partial charge is 0.167 e. The number of pyridine rings is 1. The largest absolute Gasteiger partial charge is 0.493 e. The number of methoxy groups -OCH3 is 2. The van der Waals surface area contributed by atoms with E-state index in [-0.39, 0.29) is 11.7 Å². The summed E-state index contributed by atoms with van der Waals surface area (Å²) in [4.78, 5) is 19.4. The van der Waals surface area contributed by atoms with Crippen molar-refractivity contribution in [3.63, 3.8) is 0 Å². The monoisotopic (exact) mass is 351 g/mol. The minimum Gasteiger partial charge on any atom is -0.493 e. The molecule has 6 heteroatoms. The molecule has 0 amide bonds. The fraction of sp³-hybridized carbons (Fsp3) is 0.350. The summed E-state index contributed by atoms with van der Waals surface area (Å²) in [6.45, 7) is 1.35. The van der Waals surface area contributed by atoms with Gasteiger partial charge < -0.3 is 14.4 Å². The number of anilines is 1. The molecule has 0 aliphatic carbocycles. The van der Waals surface area contributed by atoms with Crippen LogP contribution in [0.1, 0.15) is 28.8 Å². The van der Waals surface area contributed by atoms with Gasteiger partial charge in [0.25, 0.3) is 0 Å². The lowest BCUT2D eigenvalue weighted by Gasteiger charge is -2.33. The molecule has 0 radical (unpaired) electrons. The Morgan fingerprint density at radius 2 is 2.08 bits per heavy atom. The minimum atomic E-state index is -0.143. The van der Waals surface area contributed by atoms with E-state index < -0.39 is 0 Å². The Hall–Kier alpha value is -3.07. The second-order valence-electron chi connectivity index (χ2n) is 6.21. The van der Waals surface area contributed by atoms with E-state index in [4.69, 9.17) is 9.47 Å². The predicted molar refractivity (Wildman–Crippen MR) is 97.8 cm³/mol. The third kappa shape index (κ3) is 3.47. The number of nitriles is 1. The van der Waals surface area contributed by atoms with E-state index in [1.807, 2.05) is 4.90 Å². The van der Waals surface area contributed by atoms with Crippen LogP contribution in [-0.2, 0) is 0 Å². The Morgan fingerprint density at radius 1 is 1.27 bits per heavy atom. The van der Waals surface area contributed by atoms with E-state index in [2.05, 4.69) is 11.1 Å². The topological polar surface area (TPSA) is 75.5 Å². The predicted octanol–water partition coefficient (Wildman–Crippen LogP) is 3.07. The second kappa shape index (κ2) is 7.87. The Morgan fingerprint density at radius 3 is 2.81 bits per heavy atom. The number of ketones is 1. The highest BCUT2D eigenvalue weighted by Crippen LogP contribution is 2.31. The Balaban J connectivity index is 1.81. The van der Waals surface area contributed by atoms with E-state index in [0.717, 1.165) is 19.4 Å². The first-order valence-electron chi connectivity index (χ1n) is 8.54. The molecule has 6 nitrogen and oxygen atoms in total.